The molecule has 3 nitrogen and oxygen atoms in total. The lowest BCUT2D eigenvalue weighted by Crippen LogP contribution is -2.10. The molecule has 1 unspecified atom stereocenters. The van der Waals surface area contributed by atoms with Crippen LogP contribution in [0.4, 0.5) is 0 Å². The molecule has 0 amide bonds. The molecule has 1 aromatic heterocycles. The van der Waals surface area contributed by atoms with E-state index >= 15 is 0 Å². The van der Waals surface area contributed by atoms with Crippen molar-refractivity contribution < 1.29 is 0 Å². The van der Waals surface area contributed by atoms with Gasteiger partial charge in [-0.3, -0.25) is 0 Å². The summed E-state index contributed by atoms with van der Waals surface area (Å²) in [6.45, 7) is 0. The van der Waals surface area contributed by atoms with Crippen molar-refractivity contribution in [2.75, 3.05) is 0 Å². The number of aromatic nitrogens is 2. The fraction of sp³-hybridized carbons (Fsp3) is 0.429. The monoisotopic (exact) mass is 167 g/mol. The summed E-state index contributed by atoms with van der Waals surface area (Å²) in [5, 5.41) is 5.69. The van der Waals surface area contributed by atoms with Gasteiger partial charge < -0.3 is 5.73 Å². The van der Waals surface area contributed by atoms with E-state index in [2.05, 4.69) is 15.5 Å². The Morgan fingerprint density at radius 1 is 1.82 bits per heavy atom. The minimum Gasteiger partial charge on any atom is -0.323 e. The van der Waals surface area contributed by atoms with Crippen LogP contribution < -0.4 is 5.73 Å². The maximum Gasteiger partial charge on any atom is 0.0922 e. The molecule has 1 atom stereocenters. The zero-order valence-corrected chi connectivity index (χ0v) is 6.84. The summed E-state index contributed by atoms with van der Waals surface area (Å²) in [4.78, 5) is 0. The van der Waals surface area contributed by atoms with Crippen molar-refractivity contribution in [2.45, 2.75) is 18.9 Å². The Morgan fingerprint density at radius 2 is 2.64 bits per heavy atom. The molecule has 1 heterocycles. The van der Waals surface area contributed by atoms with Gasteiger partial charge in [0.25, 0.3) is 0 Å². The van der Waals surface area contributed by atoms with Crippen LogP contribution in [0, 0.1) is 12.3 Å². The molecule has 0 aromatic carbocycles. The number of hydrogen-bond donors (Lipinski definition) is 1. The van der Waals surface area contributed by atoms with Crippen LogP contribution in [0.1, 0.15) is 24.6 Å². The van der Waals surface area contributed by atoms with Crippen LogP contribution in [0.15, 0.2) is 5.38 Å². The van der Waals surface area contributed by atoms with Gasteiger partial charge in [-0.2, -0.15) is 0 Å². The minimum absolute atomic E-state index is 0.0511. The zero-order chi connectivity index (χ0) is 8.10. The van der Waals surface area contributed by atoms with Gasteiger partial charge in [0.15, 0.2) is 0 Å². The van der Waals surface area contributed by atoms with Crippen molar-refractivity contribution >= 4 is 11.5 Å². The van der Waals surface area contributed by atoms with Crippen molar-refractivity contribution in [1.82, 2.24) is 9.59 Å². The second kappa shape index (κ2) is 4.06. The van der Waals surface area contributed by atoms with Crippen molar-refractivity contribution in [3.8, 4) is 12.3 Å². The van der Waals surface area contributed by atoms with Gasteiger partial charge >= 0.3 is 0 Å². The van der Waals surface area contributed by atoms with Crippen LogP contribution in [0.25, 0.3) is 0 Å². The van der Waals surface area contributed by atoms with Crippen LogP contribution in [-0.4, -0.2) is 9.59 Å². The van der Waals surface area contributed by atoms with Gasteiger partial charge in [-0.15, -0.1) is 17.4 Å². The summed E-state index contributed by atoms with van der Waals surface area (Å²) < 4.78 is 3.71. The van der Waals surface area contributed by atoms with Crippen LogP contribution >= 0.6 is 11.5 Å². The standard InChI is InChI=1S/C7H9N3S/c1-2-3-4-6(8)7-5-11-10-9-7/h1,5-6H,3-4,8H2. The molecule has 1 rings (SSSR count). The fourth-order valence-electron chi connectivity index (χ4n) is 0.720. The molecule has 1 aromatic rings. The third-order valence-electron chi connectivity index (χ3n) is 1.36. The molecular formula is C7H9N3S. The quantitative estimate of drug-likeness (QED) is 0.682. The highest BCUT2D eigenvalue weighted by Crippen LogP contribution is 2.12. The van der Waals surface area contributed by atoms with E-state index in [1.165, 1.54) is 11.5 Å². The van der Waals surface area contributed by atoms with Crippen molar-refractivity contribution in [2.24, 2.45) is 5.73 Å². The highest BCUT2D eigenvalue weighted by Gasteiger charge is 2.06. The summed E-state index contributed by atoms with van der Waals surface area (Å²) >= 11 is 1.31. The lowest BCUT2D eigenvalue weighted by molar-refractivity contribution is 0.645. The van der Waals surface area contributed by atoms with E-state index in [-0.39, 0.29) is 6.04 Å². The van der Waals surface area contributed by atoms with Gasteiger partial charge in [-0.05, 0) is 18.0 Å². The first-order chi connectivity index (χ1) is 5.34. The Balaban J connectivity index is 2.44. The van der Waals surface area contributed by atoms with Crippen molar-refractivity contribution in [3.63, 3.8) is 0 Å². The Kier molecular flexibility index (Phi) is 3.02. The largest absolute Gasteiger partial charge is 0.323 e. The zero-order valence-electron chi connectivity index (χ0n) is 6.03. The van der Waals surface area contributed by atoms with Gasteiger partial charge in [0.1, 0.15) is 0 Å². The third kappa shape index (κ3) is 2.30. The second-order valence-corrected chi connectivity index (χ2v) is 2.79. The SMILES string of the molecule is C#CCCC(N)c1csnn1. The Labute approximate surface area is 69.8 Å². The van der Waals surface area contributed by atoms with E-state index in [1.54, 1.807) is 0 Å². The average Bonchev–Trinajstić information content (AvgIpc) is 2.52. The summed E-state index contributed by atoms with van der Waals surface area (Å²) in [6, 6.07) is -0.0511. The van der Waals surface area contributed by atoms with E-state index in [1.807, 2.05) is 5.38 Å². The first kappa shape index (κ1) is 8.18. The number of nitrogens with zero attached hydrogens (tertiary/aromatic N) is 2. The van der Waals surface area contributed by atoms with E-state index < -0.39 is 0 Å². The second-order valence-electron chi connectivity index (χ2n) is 2.18. The van der Waals surface area contributed by atoms with Gasteiger partial charge in [-0.1, -0.05) is 4.49 Å². The maximum atomic E-state index is 5.73. The predicted octanol–water partition coefficient (Wildman–Crippen LogP) is 0.951. The highest BCUT2D eigenvalue weighted by molar-refractivity contribution is 7.03. The van der Waals surface area contributed by atoms with Crippen LogP contribution in [0.2, 0.25) is 0 Å². The molecule has 11 heavy (non-hydrogen) atoms. The Hall–Kier alpha value is -0.920. The maximum absolute atomic E-state index is 5.73. The Bertz CT molecular complexity index is 237. The molecule has 2 N–H and O–H groups in total. The van der Waals surface area contributed by atoms with Gasteiger partial charge in [0.05, 0.1) is 11.7 Å². The number of rotatable bonds is 3. The van der Waals surface area contributed by atoms with Crippen LogP contribution in [0.3, 0.4) is 0 Å². The fourth-order valence-corrected chi connectivity index (χ4v) is 1.24. The lowest BCUT2D eigenvalue weighted by Gasteiger charge is -2.03. The Morgan fingerprint density at radius 3 is 3.18 bits per heavy atom. The summed E-state index contributed by atoms with van der Waals surface area (Å²) in [6.07, 6.45) is 6.56. The molecule has 0 saturated carbocycles. The average molecular weight is 167 g/mol. The first-order valence-electron chi connectivity index (χ1n) is 3.30. The minimum atomic E-state index is -0.0511. The van der Waals surface area contributed by atoms with E-state index in [9.17, 15) is 0 Å². The van der Waals surface area contributed by atoms with Crippen molar-refractivity contribution in [3.05, 3.63) is 11.1 Å². The number of hydrogen-bond acceptors (Lipinski definition) is 4. The molecule has 0 radical (unpaired) electrons. The normalized spacial score (nSPS) is 12.4. The third-order valence-corrected chi connectivity index (χ3v) is 1.88. The van der Waals surface area contributed by atoms with Gasteiger partial charge in [-0.25, -0.2) is 0 Å². The summed E-state index contributed by atoms with van der Waals surface area (Å²) in [7, 11) is 0. The molecule has 0 bridgehead atoms. The molecule has 0 spiro atoms. The molecule has 0 fully saturated rings. The topological polar surface area (TPSA) is 51.8 Å². The lowest BCUT2D eigenvalue weighted by atomic mass is 10.1. The molecule has 0 aliphatic rings. The highest BCUT2D eigenvalue weighted by atomic mass is 32.1. The first-order valence-corrected chi connectivity index (χ1v) is 4.14. The predicted molar refractivity (Wildman–Crippen MR) is 44.9 cm³/mol. The molecule has 0 aliphatic carbocycles. The molecular weight excluding hydrogens is 158 g/mol. The molecule has 4 heteroatoms. The summed E-state index contributed by atoms with van der Waals surface area (Å²) in [5.74, 6) is 2.54. The van der Waals surface area contributed by atoms with E-state index in [0.29, 0.717) is 6.42 Å². The molecule has 58 valence electrons. The van der Waals surface area contributed by atoms with Crippen LogP contribution in [0.5, 0.6) is 0 Å². The smallest absolute Gasteiger partial charge is 0.0922 e. The van der Waals surface area contributed by atoms with Crippen LogP contribution in [-0.2, 0) is 0 Å². The van der Waals surface area contributed by atoms with E-state index in [0.717, 1.165) is 12.1 Å². The molecule has 0 aliphatic heterocycles. The van der Waals surface area contributed by atoms with E-state index in [4.69, 9.17) is 12.2 Å². The van der Waals surface area contributed by atoms with Gasteiger partial charge in [0, 0.05) is 11.8 Å². The molecule has 0 saturated heterocycles. The number of nitrogens with two attached hydrogens (primary N) is 1. The summed E-state index contributed by atoms with van der Waals surface area (Å²) in [5.41, 5.74) is 6.57. The number of terminal acetylenes is 1. The van der Waals surface area contributed by atoms with Crippen molar-refractivity contribution in [1.29, 1.82) is 0 Å². The van der Waals surface area contributed by atoms with Gasteiger partial charge in [0.2, 0.25) is 0 Å².